The van der Waals surface area contributed by atoms with Crippen LogP contribution in [-0.4, -0.2) is 48.0 Å². The molecule has 1 atom stereocenters. The maximum absolute atomic E-state index is 12.8. The Morgan fingerprint density at radius 3 is 2.13 bits per heavy atom. The lowest BCUT2D eigenvalue weighted by molar-refractivity contribution is -0.130. The van der Waals surface area contributed by atoms with Gasteiger partial charge in [0.05, 0.1) is 6.04 Å². The Morgan fingerprint density at radius 1 is 1.03 bits per heavy atom. The molecule has 31 heavy (non-hydrogen) atoms. The molecule has 0 aromatic heterocycles. The highest BCUT2D eigenvalue weighted by Crippen LogP contribution is 2.27. The van der Waals surface area contributed by atoms with Crippen molar-refractivity contribution in [3.8, 4) is 0 Å². The molecule has 1 aliphatic rings. The first kappa shape index (κ1) is 24.7. The summed E-state index contributed by atoms with van der Waals surface area (Å²) in [5.74, 6) is 0.00568. The molecule has 0 bridgehead atoms. The second-order valence-corrected chi connectivity index (χ2v) is 10.3. The predicted octanol–water partition coefficient (Wildman–Crippen LogP) is 4.12. The minimum atomic E-state index is -0.583. The van der Waals surface area contributed by atoms with Crippen LogP contribution >= 0.6 is 0 Å². The zero-order valence-electron chi connectivity index (χ0n) is 19.7. The van der Waals surface area contributed by atoms with Crippen molar-refractivity contribution < 1.29 is 19.1 Å². The molecular weight excluding hydrogens is 394 g/mol. The fourth-order valence-corrected chi connectivity index (χ4v) is 3.48. The Kier molecular flexibility index (Phi) is 8.09. The standard InChI is InChI=1S/C24H37N3O4/c1-23(2,3)19(20(28)24(4,5)6)26-21(29)25-18-12-14-27(15-13-18)22(30)31-16-17-10-8-7-9-11-17/h7-11,18-19H,12-16H2,1-6H3,(H2,25,26,29). The van der Waals surface area contributed by atoms with Gasteiger partial charge < -0.3 is 20.3 Å². The summed E-state index contributed by atoms with van der Waals surface area (Å²) in [5.41, 5.74) is 0.00633. The molecule has 1 aliphatic heterocycles. The van der Waals surface area contributed by atoms with Crippen molar-refractivity contribution >= 4 is 17.9 Å². The summed E-state index contributed by atoms with van der Waals surface area (Å²) in [4.78, 5) is 39.4. The average Bonchev–Trinajstić information content (AvgIpc) is 2.69. The topological polar surface area (TPSA) is 87.7 Å². The highest BCUT2D eigenvalue weighted by atomic mass is 16.6. The summed E-state index contributed by atoms with van der Waals surface area (Å²) in [5, 5.41) is 5.84. The van der Waals surface area contributed by atoms with Gasteiger partial charge in [0.1, 0.15) is 6.61 Å². The maximum Gasteiger partial charge on any atom is 0.410 e. The summed E-state index contributed by atoms with van der Waals surface area (Å²) >= 11 is 0. The molecule has 0 radical (unpaired) electrons. The molecule has 172 valence electrons. The normalized spacial score (nSPS) is 16.4. The number of ether oxygens (including phenoxy) is 1. The minimum Gasteiger partial charge on any atom is -0.445 e. The van der Waals surface area contributed by atoms with Gasteiger partial charge in [0.15, 0.2) is 5.78 Å². The Balaban J connectivity index is 1.81. The second kappa shape index (κ2) is 10.2. The van der Waals surface area contributed by atoms with E-state index >= 15 is 0 Å². The molecule has 1 heterocycles. The summed E-state index contributed by atoms with van der Waals surface area (Å²) in [7, 11) is 0. The van der Waals surface area contributed by atoms with Gasteiger partial charge in [0, 0.05) is 24.5 Å². The van der Waals surface area contributed by atoms with Gasteiger partial charge in [-0.25, -0.2) is 9.59 Å². The molecule has 2 rings (SSSR count). The smallest absolute Gasteiger partial charge is 0.410 e. The number of urea groups is 1. The molecule has 1 fully saturated rings. The van der Waals surface area contributed by atoms with E-state index in [2.05, 4.69) is 10.6 Å². The van der Waals surface area contributed by atoms with Crippen LogP contribution < -0.4 is 10.6 Å². The fourth-order valence-electron chi connectivity index (χ4n) is 3.48. The van der Waals surface area contributed by atoms with Crippen LogP contribution in [0.3, 0.4) is 0 Å². The van der Waals surface area contributed by atoms with E-state index in [9.17, 15) is 14.4 Å². The molecular formula is C24H37N3O4. The third-order valence-corrected chi connectivity index (χ3v) is 5.44. The van der Waals surface area contributed by atoms with Crippen LogP contribution in [0.2, 0.25) is 0 Å². The lowest BCUT2D eigenvalue weighted by Crippen LogP contribution is -2.57. The van der Waals surface area contributed by atoms with Crippen LogP contribution in [0.25, 0.3) is 0 Å². The van der Waals surface area contributed by atoms with Crippen molar-refractivity contribution in [3.05, 3.63) is 35.9 Å². The number of carbonyl (C=O) groups excluding carboxylic acids is 3. The molecule has 0 saturated carbocycles. The van der Waals surface area contributed by atoms with Gasteiger partial charge >= 0.3 is 12.1 Å². The Labute approximate surface area is 185 Å². The highest BCUT2D eigenvalue weighted by Gasteiger charge is 2.38. The largest absolute Gasteiger partial charge is 0.445 e. The first-order chi connectivity index (χ1) is 14.4. The molecule has 7 heteroatoms. The number of likely N-dealkylation sites (tertiary alicyclic amines) is 1. The molecule has 1 unspecified atom stereocenters. The molecule has 0 spiro atoms. The molecule has 1 aromatic rings. The summed E-state index contributed by atoms with van der Waals surface area (Å²) in [6, 6.07) is 8.58. The number of amides is 3. The van der Waals surface area contributed by atoms with Gasteiger partial charge in [-0.2, -0.15) is 0 Å². The number of nitrogens with one attached hydrogen (secondary N) is 2. The van der Waals surface area contributed by atoms with E-state index in [1.54, 1.807) is 4.90 Å². The number of Topliss-reactive ketones (excluding diaryl/α,β-unsaturated/α-hetero) is 1. The van der Waals surface area contributed by atoms with Crippen molar-refractivity contribution in [2.24, 2.45) is 10.8 Å². The van der Waals surface area contributed by atoms with Crippen LogP contribution in [0.5, 0.6) is 0 Å². The van der Waals surface area contributed by atoms with E-state index in [-0.39, 0.29) is 30.6 Å². The first-order valence-corrected chi connectivity index (χ1v) is 10.9. The van der Waals surface area contributed by atoms with Crippen LogP contribution in [0, 0.1) is 10.8 Å². The van der Waals surface area contributed by atoms with Crippen molar-refractivity contribution in [3.63, 3.8) is 0 Å². The molecule has 7 nitrogen and oxygen atoms in total. The van der Waals surface area contributed by atoms with Crippen molar-refractivity contribution in [1.29, 1.82) is 0 Å². The van der Waals surface area contributed by atoms with E-state index in [0.717, 1.165) is 5.56 Å². The average molecular weight is 432 g/mol. The lowest BCUT2D eigenvalue weighted by atomic mass is 9.76. The zero-order chi connectivity index (χ0) is 23.2. The van der Waals surface area contributed by atoms with Crippen molar-refractivity contribution in [2.75, 3.05) is 13.1 Å². The molecule has 1 aromatic carbocycles. The third kappa shape index (κ3) is 7.56. The first-order valence-electron chi connectivity index (χ1n) is 10.9. The number of nitrogens with zero attached hydrogens (tertiary/aromatic N) is 1. The van der Waals surface area contributed by atoms with Gasteiger partial charge in [0.25, 0.3) is 0 Å². The van der Waals surface area contributed by atoms with Gasteiger partial charge in [-0.1, -0.05) is 71.9 Å². The highest BCUT2D eigenvalue weighted by molar-refractivity contribution is 5.92. The van der Waals surface area contributed by atoms with Gasteiger partial charge in [-0.3, -0.25) is 4.79 Å². The van der Waals surface area contributed by atoms with E-state index in [1.165, 1.54) is 0 Å². The number of benzene rings is 1. The van der Waals surface area contributed by atoms with Crippen LogP contribution in [0.15, 0.2) is 30.3 Å². The maximum atomic E-state index is 12.8. The number of hydrogen-bond acceptors (Lipinski definition) is 4. The van der Waals surface area contributed by atoms with Gasteiger partial charge in [-0.05, 0) is 23.8 Å². The number of ketones is 1. The number of carbonyl (C=O) groups is 3. The predicted molar refractivity (Wildman–Crippen MR) is 121 cm³/mol. The Hall–Kier alpha value is -2.57. The Bertz CT molecular complexity index is 757. The van der Waals surface area contributed by atoms with Crippen molar-refractivity contribution in [1.82, 2.24) is 15.5 Å². The van der Waals surface area contributed by atoms with Crippen LogP contribution in [0.4, 0.5) is 9.59 Å². The molecule has 2 N–H and O–H groups in total. The van der Waals surface area contributed by atoms with E-state index in [0.29, 0.717) is 25.9 Å². The van der Waals surface area contributed by atoms with E-state index in [4.69, 9.17) is 4.74 Å². The SMILES string of the molecule is CC(C)(C)C(=O)C(NC(=O)NC1CCN(C(=O)OCc2ccccc2)CC1)C(C)(C)C. The monoisotopic (exact) mass is 431 g/mol. The zero-order valence-corrected chi connectivity index (χ0v) is 19.7. The minimum absolute atomic E-state index is 0.00568. The second-order valence-electron chi connectivity index (χ2n) is 10.3. The van der Waals surface area contributed by atoms with Crippen LogP contribution in [0.1, 0.15) is 59.9 Å². The van der Waals surface area contributed by atoms with Gasteiger partial charge in [-0.15, -0.1) is 0 Å². The summed E-state index contributed by atoms with van der Waals surface area (Å²) in [6.45, 7) is 12.7. The molecule has 0 aliphatic carbocycles. The van der Waals surface area contributed by atoms with E-state index in [1.807, 2.05) is 71.9 Å². The lowest BCUT2D eigenvalue weighted by Gasteiger charge is -2.36. The number of rotatable bonds is 5. The Morgan fingerprint density at radius 2 is 1.61 bits per heavy atom. The number of piperidine rings is 1. The molecule has 3 amide bonds. The van der Waals surface area contributed by atoms with Crippen LogP contribution in [-0.2, 0) is 16.1 Å². The number of hydrogen-bond donors (Lipinski definition) is 2. The van der Waals surface area contributed by atoms with Gasteiger partial charge in [0.2, 0.25) is 0 Å². The third-order valence-electron chi connectivity index (χ3n) is 5.44. The molecule has 1 saturated heterocycles. The van der Waals surface area contributed by atoms with E-state index < -0.39 is 16.9 Å². The van der Waals surface area contributed by atoms with Crippen molar-refractivity contribution in [2.45, 2.75) is 73.1 Å². The quantitative estimate of drug-likeness (QED) is 0.734. The summed E-state index contributed by atoms with van der Waals surface area (Å²) < 4.78 is 5.38. The summed E-state index contributed by atoms with van der Waals surface area (Å²) in [6.07, 6.45) is 0.943. The fraction of sp³-hybridized carbons (Fsp3) is 0.625.